The zero-order valence-corrected chi connectivity index (χ0v) is 13.7. The lowest BCUT2D eigenvalue weighted by Crippen LogP contribution is -2.45. The van der Waals surface area contributed by atoms with E-state index in [-0.39, 0.29) is 18.4 Å². The molecule has 1 aliphatic heterocycles. The minimum absolute atomic E-state index is 0. The van der Waals surface area contributed by atoms with E-state index in [1.165, 1.54) is 12.4 Å². The number of nitrogens with one attached hydrogen (secondary N) is 1. The van der Waals surface area contributed by atoms with Crippen molar-refractivity contribution in [1.29, 1.82) is 0 Å². The first-order valence-corrected chi connectivity index (χ1v) is 7.44. The number of hydrogen-bond donors (Lipinski definition) is 1. The maximum atomic E-state index is 12.4. The zero-order valence-electron chi connectivity index (χ0n) is 12.9. The van der Waals surface area contributed by atoms with Crippen LogP contribution in [0.1, 0.15) is 17.2 Å². The van der Waals surface area contributed by atoms with E-state index >= 15 is 0 Å². The Labute approximate surface area is 144 Å². The van der Waals surface area contributed by atoms with Crippen LogP contribution in [0.4, 0.5) is 13.2 Å². The molecule has 5 nitrogen and oxygen atoms in total. The van der Waals surface area contributed by atoms with Gasteiger partial charge in [0.2, 0.25) is 0 Å². The Balaban J connectivity index is 0.00000208. The minimum atomic E-state index is -4.25. The highest BCUT2D eigenvalue weighted by atomic mass is 35.5. The van der Waals surface area contributed by atoms with Gasteiger partial charge < -0.3 is 5.32 Å². The minimum Gasteiger partial charge on any atom is -0.314 e. The van der Waals surface area contributed by atoms with Crippen LogP contribution in [-0.2, 0) is 13.1 Å². The van der Waals surface area contributed by atoms with Crippen LogP contribution in [0.25, 0.3) is 0 Å². The van der Waals surface area contributed by atoms with Crippen LogP contribution >= 0.6 is 12.4 Å². The van der Waals surface area contributed by atoms with Crippen molar-refractivity contribution in [3.05, 3.63) is 48.0 Å². The summed E-state index contributed by atoms with van der Waals surface area (Å²) in [6.07, 6.45) is 2.24. The number of hydrogen-bond acceptors (Lipinski definition) is 4. The van der Waals surface area contributed by atoms with Crippen LogP contribution in [0, 0.1) is 0 Å². The van der Waals surface area contributed by atoms with E-state index in [2.05, 4.69) is 20.3 Å². The molecule has 0 radical (unpaired) electrons. The van der Waals surface area contributed by atoms with Crippen molar-refractivity contribution < 1.29 is 13.2 Å². The third-order valence-corrected chi connectivity index (χ3v) is 3.86. The Bertz CT molecular complexity index is 632. The molecule has 1 aliphatic rings. The Hall–Kier alpha value is -1.64. The van der Waals surface area contributed by atoms with E-state index in [0.717, 1.165) is 35.4 Å². The normalized spacial score (nSPS) is 19.0. The predicted molar refractivity (Wildman–Crippen MR) is 85.8 cm³/mol. The molecule has 132 valence electrons. The van der Waals surface area contributed by atoms with Gasteiger partial charge in [-0.1, -0.05) is 0 Å². The zero-order chi connectivity index (χ0) is 16.3. The monoisotopic (exact) mass is 361 g/mol. The molecule has 0 aromatic carbocycles. The summed E-state index contributed by atoms with van der Waals surface area (Å²) in [6, 6.07) is 4.12. The van der Waals surface area contributed by atoms with E-state index < -0.39 is 12.7 Å². The van der Waals surface area contributed by atoms with E-state index in [1.54, 1.807) is 12.4 Å². The van der Waals surface area contributed by atoms with Gasteiger partial charge in [-0.3, -0.25) is 14.6 Å². The number of halogens is 4. The summed E-state index contributed by atoms with van der Waals surface area (Å²) in [5.41, 5.74) is 1.94. The third-order valence-electron chi connectivity index (χ3n) is 3.86. The fourth-order valence-corrected chi connectivity index (χ4v) is 2.84. The first-order chi connectivity index (χ1) is 11.0. The van der Waals surface area contributed by atoms with Crippen LogP contribution in [0.2, 0.25) is 0 Å². The molecule has 1 saturated heterocycles. The summed E-state index contributed by atoms with van der Waals surface area (Å²) >= 11 is 0. The quantitative estimate of drug-likeness (QED) is 0.908. The van der Waals surface area contributed by atoms with Crippen LogP contribution in [0.15, 0.2) is 36.9 Å². The maximum absolute atomic E-state index is 12.4. The number of nitrogens with zero attached hydrogens (tertiary/aromatic N) is 4. The van der Waals surface area contributed by atoms with Gasteiger partial charge in [-0.25, -0.2) is 0 Å². The van der Waals surface area contributed by atoms with Crippen molar-refractivity contribution in [2.45, 2.75) is 25.3 Å². The van der Waals surface area contributed by atoms with Crippen molar-refractivity contribution in [2.75, 3.05) is 19.6 Å². The van der Waals surface area contributed by atoms with Gasteiger partial charge in [0.05, 0.1) is 6.20 Å². The molecule has 0 amide bonds. The fourth-order valence-electron chi connectivity index (χ4n) is 2.84. The Kier molecular flexibility index (Phi) is 6.20. The molecular formula is C15H19ClF3N5. The Morgan fingerprint density at radius 1 is 1.25 bits per heavy atom. The summed E-state index contributed by atoms with van der Waals surface area (Å²) in [7, 11) is 0. The smallest absolute Gasteiger partial charge is 0.314 e. The van der Waals surface area contributed by atoms with Gasteiger partial charge in [-0.05, 0) is 17.7 Å². The van der Waals surface area contributed by atoms with Crippen molar-refractivity contribution in [3.8, 4) is 0 Å². The molecular weight excluding hydrogens is 343 g/mol. The van der Waals surface area contributed by atoms with Gasteiger partial charge in [0.25, 0.3) is 0 Å². The highest BCUT2D eigenvalue weighted by molar-refractivity contribution is 5.85. The molecule has 9 heteroatoms. The highest BCUT2D eigenvalue weighted by Crippen LogP contribution is 2.24. The topological polar surface area (TPSA) is 46.0 Å². The van der Waals surface area contributed by atoms with Gasteiger partial charge in [-0.2, -0.15) is 18.3 Å². The second-order valence-corrected chi connectivity index (χ2v) is 5.63. The van der Waals surface area contributed by atoms with E-state index in [4.69, 9.17) is 0 Å². The SMILES string of the molecule is Cl.FC(F)(F)Cn1cc(CN2CCNCC2c2ccncc2)cn1. The Morgan fingerprint density at radius 2 is 2.00 bits per heavy atom. The molecule has 3 rings (SSSR count). The molecule has 1 fully saturated rings. The molecule has 0 aliphatic carbocycles. The first-order valence-electron chi connectivity index (χ1n) is 7.44. The van der Waals surface area contributed by atoms with Crippen LogP contribution < -0.4 is 5.32 Å². The molecule has 3 heterocycles. The maximum Gasteiger partial charge on any atom is 0.408 e. The summed E-state index contributed by atoms with van der Waals surface area (Å²) in [5.74, 6) is 0. The standard InChI is InChI=1S/C15H18F3N5.ClH/c16-15(17,18)11-23-10-12(7-21-23)9-22-6-5-20-8-14(22)13-1-3-19-4-2-13;/h1-4,7,10,14,20H,5-6,8-9,11H2;1H. The Morgan fingerprint density at radius 3 is 2.71 bits per heavy atom. The van der Waals surface area contributed by atoms with Crippen molar-refractivity contribution in [3.63, 3.8) is 0 Å². The van der Waals surface area contributed by atoms with E-state index in [9.17, 15) is 13.2 Å². The van der Waals surface area contributed by atoms with Gasteiger partial charge >= 0.3 is 6.18 Å². The predicted octanol–water partition coefficient (Wildman–Crippen LogP) is 2.41. The molecule has 2 aromatic rings. The molecule has 0 saturated carbocycles. The summed E-state index contributed by atoms with van der Waals surface area (Å²) in [5, 5.41) is 7.16. The molecule has 2 aromatic heterocycles. The average molecular weight is 362 g/mol. The number of aromatic nitrogens is 3. The highest BCUT2D eigenvalue weighted by Gasteiger charge is 2.29. The first kappa shape index (κ1) is 18.7. The fraction of sp³-hybridized carbons (Fsp3) is 0.467. The van der Waals surface area contributed by atoms with Gasteiger partial charge in [-0.15, -0.1) is 12.4 Å². The average Bonchev–Trinajstić information content (AvgIpc) is 2.94. The van der Waals surface area contributed by atoms with E-state index in [1.807, 2.05) is 12.1 Å². The van der Waals surface area contributed by atoms with Crippen molar-refractivity contribution >= 4 is 12.4 Å². The number of alkyl halides is 3. The van der Waals surface area contributed by atoms with Crippen LogP contribution in [-0.4, -0.2) is 45.5 Å². The second-order valence-electron chi connectivity index (χ2n) is 5.63. The van der Waals surface area contributed by atoms with Crippen molar-refractivity contribution in [2.24, 2.45) is 0 Å². The largest absolute Gasteiger partial charge is 0.408 e. The molecule has 24 heavy (non-hydrogen) atoms. The van der Waals surface area contributed by atoms with Crippen LogP contribution in [0.3, 0.4) is 0 Å². The van der Waals surface area contributed by atoms with Crippen LogP contribution in [0.5, 0.6) is 0 Å². The number of rotatable bonds is 4. The summed E-state index contributed by atoms with van der Waals surface area (Å²) in [6.45, 7) is 2.02. The van der Waals surface area contributed by atoms with Gasteiger partial charge in [0.15, 0.2) is 0 Å². The third kappa shape index (κ3) is 4.93. The molecule has 0 spiro atoms. The lowest BCUT2D eigenvalue weighted by atomic mass is 10.0. The number of piperazine rings is 1. The lowest BCUT2D eigenvalue weighted by molar-refractivity contribution is -0.142. The van der Waals surface area contributed by atoms with Gasteiger partial charge in [0, 0.05) is 56.4 Å². The lowest BCUT2D eigenvalue weighted by Gasteiger charge is -2.36. The number of pyridine rings is 1. The van der Waals surface area contributed by atoms with Gasteiger partial charge in [0.1, 0.15) is 6.54 Å². The molecule has 1 unspecified atom stereocenters. The van der Waals surface area contributed by atoms with Crippen molar-refractivity contribution in [1.82, 2.24) is 25.0 Å². The summed E-state index contributed by atoms with van der Waals surface area (Å²) in [4.78, 5) is 6.28. The molecule has 1 atom stereocenters. The summed E-state index contributed by atoms with van der Waals surface area (Å²) < 4.78 is 38.2. The second kappa shape index (κ2) is 7.96. The van der Waals surface area contributed by atoms with E-state index in [0.29, 0.717) is 6.54 Å². The molecule has 0 bridgehead atoms. The molecule has 1 N–H and O–H groups in total.